The number of halogens is 1. The second-order valence-corrected chi connectivity index (χ2v) is 6.08. The van der Waals surface area contributed by atoms with E-state index in [0.29, 0.717) is 26.3 Å². The van der Waals surface area contributed by atoms with Gasteiger partial charge in [0.15, 0.2) is 0 Å². The van der Waals surface area contributed by atoms with Crippen molar-refractivity contribution < 1.29 is 14.6 Å². The summed E-state index contributed by atoms with van der Waals surface area (Å²) in [4.78, 5) is 13.5. The van der Waals surface area contributed by atoms with Gasteiger partial charge < -0.3 is 20.1 Å². The van der Waals surface area contributed by atoms with Gasteiger partial charge in [0.1, 0.15) is 0 Å². The topological polar surface area (TPSA) is 61.8 Å². The highest BCUT2D eigenvalue weighted by Gasteiger charge is 2.36. The maximum Gasteiger partial charge on any atom is 0.317 e. The standard InChI is InChI=1S/C16H23ClN2O3/c1-19(8-9-20)15(21)18-12-16(6-10-22-11-7-16)13-4-2-3-5-14(13)17/h2-5,20H,6-12H2,1H3,(H,18,21). The van der Waals surface area contributed by atoms with Gasteiger partial charge in [-0.15, -0.1) is 0 Å². The monoisotopic (exact) mass is 326 g/mol. The van der Waals surface area contributed by atoms with Crippen LogP contribution in [0.25, 0.3) is 0 Å². The predicted octanol–water partition coefficient (Wildman–Crippen LogP) is 2.02. The highest BCUT2D eigenvalue weighted by atomic mass is 35.5. The average molecular weight is 327 g/mol. The number of hydrogen-bond acceptors (Lipinski definition) is 3. The Morgan fingerprint density at radius 3 is 2.73 bits per heavy atom. The van der Waals surface area contributed by atoms with E-state index >= 15 is 0 Å². The van der Waals surface area contributed by atoms with Gasteiger partial charge >= 0.3 is 6.03 Å². The lowest BCUT2D eigenvalue weighted by atomic mass is 9.74. The smallest absolute Gasteiger partial charge is 0.317 e. The van der Waals surface area contributed by atoms with Crippen LogP contribution in [0.1, 0.15) is 18.4 Å². The van der Waals surface area contributed by atoms with Crippen molar-refractivity contribution in [2.45, 2.75) is 18.3 Å². The van der Waals surface area contributed by atoms with E-state index in [0.717, 1.165) is 23.4 Å². The van der Waals surface area contributed by atoms with Gasteiger partial charge in [0.25, 0.3) is 0 Å². The Labute approximate surface area is 136 Å². The third-order valence-corrected chi connectivity index (χ3v) is 4.58. The summed E-state index contributed by atoms with van der Waals surface area (Å²) in [5.74, 6) is 0. The minimum absolute atomic E-state index is 0.0482. The molecule has 0 saturated carbocycles. The van der Waals surface area contributed by atoms with Crippen LogP contribution in [0.3, 0.4) is 0 Å². The Bertz CT molecular complexity index is 504. The number of carbonyl (C=O) groups is 1. The average Bonchev–Trinajstić information content (AvgIpc) is 2.54. The van der Waals surface area contributed by atoms with Gasteiger partial charge in [0.05, 0.1) is 6.61 Å². The van der Waals surface area contributed by atoms with Crippen molar-refractivity contribution in [1.82, 2.24) is 10.2 Å². The van der Waals surface area contributed by atoms with Crippen LogP contribution in [0.5, 0.6) is 0 Å². The molecule has 1 heterocycles. The molecule has 2 rings (SSSR count). The summed E-state index contributed by atoms with van der Waals surface area (Å²) in [7, 11) is 1.66. The van der Waals surface area contributed by atoms with Crippen LogP contribution in [-0.4, -0.2) is 56.0 Å². The van der Waals surface area contributed by atoms with Crippen molar-refractivity contribution in [1.29, 1.82) is 0 Å². The number of benzene rings is 1. The lowest BCUT2D eigenvalue weighted by molar-refractivity contribution is 0.0502. The van der Waals surface area contributed by atoms with Gasteiger partial charge in [-0.2, -0.15) is 0 Å². The quantitative estimate of drug-likeness (QED) is 0.870. The van der Waals surface area contributed by atoms with Crippen molar-refractivity contribution in [3.63, 3.8) is 0 Å². The Balaban J connectivity index is 2.13. The second-order valence-electron chi connectivity index (χ2n) is 5.68. The first-order valence-corrected chi connectivity index (χ1v) is 7.89. The van der Waals surface area contributed by atoms with E-state index in [2.05, 4.69) is 5.32 Å². The molecule has 22 heavy (non-hydrogen) atoms. The van der Waals surface area contributed by atoms with E-state index < -0.39 is 0 Å². The summed E-state index contributed by atoms with van der Waals surface area (Å²) in [6.07, 6.45) is 1.64. The number of likely N-dealkylation sites (N-methyl/N-ethyl adjacent to an activating group) is 1. The summed E-state index contributed by atoms with van der Waals surface area (Å²) in [6.45, 7) is 2.09. The maximum absolute atomic E-state index is 12.1. The van der Waals surface area contributed by atoms with Crippen LogP contribution in [-0.2, 0) is 10.2 Å². The fraction of sp³-hybridized carbons (Fsp3) is 0.562. The van der Waals surface area contributed by atoms with Gasteiger partial charge in [-0.1, -0.05) is 29.8 Å². The summed E-state index contributed by atoms with van der Waals surface area (Å²) >= 11 is 6.38. The Hall–Kier alpha value is -1.30. The summed E-state index contributed by atoms with van der Waals surface area (Å²) in [6, 6.07) is 7.60. The van der Waals surface area contributed by atoms with Gasteiger partial charge in [-0.05, 0) is 24.5 Å². The van der Waals surface area contributed by atoms with E-state index in [1.807, 2.05) is 24.3 Å². The molecule has 1 aliphatic rings. The molecule has 122 valence electrons. The number of nitrogens with one attached hydrogen (secondary N) is 1. The number of aliphatic hydroxyl groups excluding tert-OH is 1. The zero-order chi connectivity index (χ0) is 16.0. The molecule has 1 fully saturated rings. The first kappa shape index (κ1) is 17.1. The SMILES string of the molecule is CN(CCO)C(=O)NCC1(c2ccccc2Cl)CCOCC1. The summed E-state index contributed by atoms with van der Waals surface area (Å²) in [5.41, 5.74) is 0.858. The first-order valence-electron chi connectivity index (χ1n) is 7.52. The van der Waals surface area contributed by atoms with Crippen LogP contribution < -0.4 is 5.32 Å². The zero-order valence-electron chi connectivity index (χ0n) is 12.8. The van der Waals surface area contributed by atoms with Crippen molar-refractivity contribution >= 4 is 17.6 Å². The highest BCUT2D eigenvalue weighted by Crippen LogP contribution is 2.38. The fourth-order valence-corrected chi connectivity index (χ4v) is 3.16. The van der Waals surface area contributed by atoms with Crippen molar-refractivity contribution in [3.05, 3.63) is 34.9 Å². The predicted molar refractivity (Wildman–Crippen MR) is 86.3 cm³/mol. The molecule has 2 N–H and O–H groups in total. The molecule has 0 unspecified atom stereocenters. The molecular weight excluding hydrogens is 304 g/mol. The minimum Gasteiger partial charge on any atom is -0.395 e. The van der Waals surface area contributed by atoms with Gasteiger partial charge in [0, 0.05) is 43.8 Å². The van der Waals surface area contributed by atoms with Gasteiger partial charge in [-0.3, -0.25) is 0 Å². The Kier molecular flexibility index (Phi) is 6.06. The van der Waals surface area contributed by atoms with E-state index in [9.17, 15) is 4.79 Å². The van der Waals surface area contributed by atoms with Gasteiger partial charge in [0.2, 0.25) is 0 Å². The number of rotatable bonds is 5. The van der Waals surface area contributed by atoms with Crippen LogP contribution in [0, 0.1) is 0 Å². The molecule has 1 saturated heterocycles. The van der Waals surface area contributed by atoms with Crippen LogP contribution in [0.2, 0.25) is 5.02 Å². The number of hydrogen-bond donors (Lipinski definition) is 2. The molecule has 5 nitrogen and oxygen atoms in total. The molecule has 0 aromatic heterocycles. The molecular formula is C16H23ClN2O3. The lowest BCUT2D eigenvalue weighted by Crippen LogP contribution is -2.48. The van der Waals surface area contributed by atoms with E-state index in [1.54, 1.807) is 7.05 Å². The van der Waals surface area contributed by atoms with Crippen LogP contribution in [0.15, 0.2) is 24.3 Å². The van der Waals surface area contributed by atoms with Crippen molar-refractivity contribution in [3.8, 4) is 0 Å². The molecule has 0 radical (unpaired) electrons. The third kappa shape index (κ3) is 3.91. The highest BCUT2D eigenvalue weighted by molar-refractivity contribution is 6.31. The lowest BCUT2D eigenvalue weighted by Gasteiger charge is -2.38. The summed E-state index contributed by atoms with van der Waals surface area (Å²) < 4.78 is 5.48. The number of nitrogens with zero attached hydrogens (tertiary/aromatic N) is 1. The second kappa shape index (κ2) is 7.81. The van der Waals surface area contributed by atoms with E-state index in [1.165, 1.54) is 4.90 Å². The molecule has 1 aromatic rings. The summed E-state index contributed by atoms with van der Waals surface area (Å²) in [5, 5.41) is 12.6. The third-order valence-electron chi connectivity index (χ3n) is 4.26. The largest absolute Gasteiger partial charge is 0.395 e. The molecule has 6 heteroatoms. The Morgan fingerprint density at radius 1 is 1.41 bits per heavy atom. The van der Waals surface area contributed by atoms with Gasteiger partial charge in [-0.25, -0.2) is 4.79 Å². The fourth-order valence-electron chi connectivity index (χ4n) is 2.83. The first-order chi connectivity index (χ1) is 10.6. The molecule has 0 bridgehead atoms. The molecule has 1 aliphatic heterocycles. The van der Waals surface area contributed by atoms with Crippen molar-refractivity contribution in [2.24, 2.45) is 0 Å². The number of urea groups is 1. The van der Waals surface area contributed by atoms with E-state index in [-0.39, 0.29) is 18.1 Å². The van der Waals surface area contributed by atoms with Crippen molar-refractivity contribution in [2.75, 3.05) is 40.0 Å². The zero-order valence-corrected chi connectivity index (χ0v) is 13.6. The van der Waals surface area contributed by atoms with E-state index in [4.69, 9.17) is 21.4 Å². The van der Waals surface area contributed by atoms with Crippen LogP contribution in [0.4, 0.5) is 4.79 Å². The normalized spacial score (nSPS) is 17.0. The molecule has 0 atom stereocenters. The molecule has 0 spiro atoms. The molecule has 0 aliphatic carbocycles. The number of ether oxygens (including phenoxy) is 1. The maximum atomic E-state index is 12.1. The molecule has 1 aromatic carbocycles. The molecule has 2 amide bonds. The minimum atomic E-state index is -0.202. The number of carbonyl (C=O) groups excluding carboxylic acids is 1. The number of aliphatic hydroxyl groups is 1. The number of amides is 2. The Morgan fingerprint density at radius 2 is 2.09 bits per heavy atom. The van der Waals surface area contributed by atoms with Crippen LogP contribution >= 0.6 is 11.6 Å².